The van der Waals surface area contributed by atoms with Crippen LogP contribution >= 0.6 is 0 Å². The first-order chi connectivity index (χ1) is 12.7. The SMILES string of the molecule is CCc1cccc(CC)c1NC(=O)CN(c1ccc(C)c(C)c1)S(C)(=O)=O. The summed E-state index contributed by atoms with van der Waals surface area (Å²) in [7, 11) is -3.59. The van der Waals surface area contributed by atoms with Crippen LogP contribution in [0.4, 0.5) is 11.4 Å². The molecule has 0 fully saturated rings. The number of hydrogen-bond donors (Lipinski definition) is 1. The molecule has 2 aromatic rings. The molecule has 0 bridgehead atoms. The molecule has 0 atom stereocenters. The van der Waals surface area contributed by atoms with Crippen molar-refractivity contribution in [3.63, 3.8) is 0 Å². The van der Waals surface area contributed by atoms with Crippen LogP contribution in [0.5, 0.6) is 0 Å². The van der Waals surface area contributed by atoms with Crippen molar-refractivity contribution >= 4 is 27.3 Å². The Bertz CT molecular complexity index is 914. The molecule has 0 aliphatic heterocycles. The molecular formula is C21H28N2O3S. The molecule has 6 heteroatoms. The van der Waals surface area contributed by atoms with Crippen LogP contribution in [0.25, 0.3) is 0 Å². The fraction of sp³-hybridized carbons (Fsp3) is 0.381. The van der Waals surface area contributed by atoms with Gasteiger partial charge in [-0.1, -0.05) is 38.1 Å². The van der Waals surface area contributed by atoms with Crippen LogP contribution in [0.1, 0.15) is 36.1 Å². The lowest BCUT2D eigenvalue weighted by molar-refractivity contribution is -0.114. The zero-order valence-corrected chi connectivity index (χ0v) is 17.5. The molecule has 0 radical (unpaired) electrons. The Labute approximate surface area is 162 Å². The lowest BCUT2D eigenvalue weighted by Crippen LogP contribution is -2.37. The predicted octanol–water partition coefficient (Wildman–Crippen LogP) is 3.83. The number of hydrogen-bond acceptors (Lipinski definition) is 3. The number of benzene rings is 2. The van der Waals surface area contributed by atoms with Crippen molar-refractivity contribution in [3.8, 4) is 0 Å². The molecule has 1 N–H and O–H groups in total. The Morgan fingerprint density at radius 1 is 1.00 bits per heavy atom. The second-order valence-corrected chi connectivity index (χ2v) is 8.65. The Morgan fingerprint density at radius 3 is 2.07 bits per heavy atom. The van der Waals surface area contributed by atoms with E-state index in [9.17, 15) is 13.2 Å². The Hall–Kier alpha value is -2.34. The normalized spacial score (nSPS) is 11.3. The maximum Gasteiger partial charge on any atom is 0.245 e. The van der Waals surface area contributed by atoms with Gasteiger partial charge >= 0.3 is 0 Å². The van der Waals surface area contributed by atoms with Gasteiger partial charge in [0.2, 0.25) is 15.9 Å². The molecule has 2 aromatic carbocycles. The minimum absolute atomic E-state index is 0.261. The van der Waals surface area contributed by atoms with Gasteiger partial charge < -0.3 is 5.32 Å². The van der Waals surface area contributed by atoms with Crippen molar-refractivity contribution in [1.29, 1.82) is 0 Å². The zero-order valence-electron chi connectivity index (χ0n) is 16.7. The van der Waals surface area contributed by atoms with E-state index in [-0.39, 0.29) is 12.5 Å². The summed E-state index contributed by atoms with van der Waals surface area (Å²) >= 11 is 0. The van der Waals surface area contributed by atoms with Gasteiger partial charge in [-0.15, -0.1) is 0 Å². The van der Waals surface area contributed by atoms with Gasteiger partial charge in [-0.2, -0.15) is 0 Å². The second-order valence-electron chi connectivity index (χ2n) is 6.74. The fourth-order valence-corrected chi connectivity index (χ4v) is 3.84. The number of carbonyl (C=O) groups is 1. The molecule has 2 rings (SSSR count). The summed E-state index contributed by atoms with van der Waals surface area (Å²) in [6.45, 7) is 7.68. The van der Waals surface area contributed by atoms with E-state index in [0.29, 0.717) is 5.69 Å². The number of para-hydroxylation sites is 1. The van der Waals surface area contributed by atoms with E-state index in [0.717, 1.165) is 51.3 Å². The van der Waals surface area contributed by atoms with Gasteiger partial charge in [-0.05, 0) is 61.1 Å². The summed E-state index contributed by atoms with van der Waals surface area (Å²) < 4.78 is 25.8. The monoisotopic (exact) mass is 388 g/mol. The van der Waals surface area contributed by atoms with Crippen LogP contribution in [0, 0.1) is 13.8 Å². The van der Waals surface area contributed by atoms with Crippen LogP contribution < -0.4 is 9.62 Å². The van der Waals surface area contributed by atoms with E-state index < -0.39 is 10.0 Å². The lowest BCUT2D eigenvalue weighted by Gasteiger charge is -2.23. The Balaban J connectivity index is 2.32. The summed E-state index contributed by atoms with van der Waals surface area (Å²) in [5.74, 6) is -0.353. The summed E-state index contributed by atoms with van der Waals surface area (Å²) in [5.41, 5.74) is 5.42. The van der Waals surface area contributed by atoms with Crippen LogP contribution in [0.15, 0.2) is 36.4 Å². The van der Waals surface area contributed by atoms with E-state index in [1.54, 1.807) is 12.1 Å². The average Bonchev–Trinajstić information content (AvgIpc) is 2.61. The van der Waals surface area contributed by atoms with E-state index >= 15 is 0 Å². The van der Waals surface area contributed by atoms with Crippen molar-refractivity contribution < 1.29 is 13.2 Å². The van der Waals surface area contributed by atoms with Gasteiger partial charge in [0.1, 0.15) is 6.54 Å². The second kappa shape index (κ2) is 8.57. The van der Waals surface area contributed by atoms with E-state index in [2.05, 4.69) is 5.32 Å². The van der Waals surface area contributed by atoms with Gasteiger partial charge in [0.05, 0.1) is 11.9 Å². The third-order valence-electron chi connectivity index (χ3n) is 4.73. The van der Waals surface area contributed by atoms with Gasteiger partial charge in [0, 0.05) is 5.69 Å². The third kappa shape index (κ3) is 5.10. The molecule has 0 saturated heterocycles. The number of nitrogens with one attached hydrogen (secondary N) is 1. The number of aryl methyl sites for hydroxylation is 4. The van der Waals surface area contributed by atoms with Crippen LogP contribution in [0.3, 0.4) is 0 Å². The fourth-order valence-electron chi connectivity index (χ4n) is 2.99. The highest BCUT2D eigenvalue weighted by Gasteiger charge is 2.22. The molecule has 27 heavy (non-hydrogen) atoms. The Kier molecular flexibility index (Phi) is 6.65. The number of anilines is 2. The topological polar surface area (TPSA) is 66.5 Å². The summed E-state index contributed by atoms with van der Waals surface area (Å²) in [4.78, 5) is 12.7. The summed E-state index contributed by atoms with van der Waals surface area (Å²) in [6.07, 6.45) is 2.69. The van der Waals surface area contributed by atoms with Gasteiger partial charge in [-0.25, -0.2) is 8.42 Å². The molecule has 5 nitrogen and oxygen atoms in total. The van der Waals surface area contributed by atoms with Gasteiger partial charge in [0.15, 0.2) is 0 Å². The molecule has 0 unspecified atom stereocenters. The van der Waals surface area contributed by atoms with Crippen molar-refractivity contribution in [3.05, 3.63) is 58.7 Å². The molecule has 0 aliphatic carbocycles. The predicted molar refractivity (Wildman–Crippen MR) is 112 cm³/mol. The minimum Gasteiger partial charge on any atom is -0.324 e. The smallest absolute Gasteiger partial charge is 0.245 e. The molecule has 146 valence electrons. The number of sulfonamides is 1. The zero-order chi connectivity index (χ0) is 20.2. The van der Waals surface area contributed by atoms with Crippen LogP contribution in [-0.2, 0) is 27.7 Å². The Morgan fingerprint density at radius 2 is 1.59 bits per heavy atom. The molecule has 0 aliphatic rings. The quantitative estimate of drug-likeness (QED) is 0.784. The highest BCUT2D eigenvalue weighted by molar-refractivity contribution is 7.92. The number of carbonyl (C=O) groups excluding carboxylic acids is 1. The molecule has 0 saturated carbocycles. The van der Waals surface area contributed by atoms with Gasteiger partial charge in [0.25, 0.3) is 0 Å². The van der Waals surface area contributed by atoms with Crippen molar-refractivity contribution in [2.24, 2.45) is 0 Å². The highest BCUT2D eigenvalue weighted by atomic mass is 32.2. The third-order valence-corrected chi connectivity index (χ3v) is 5.87. The molecule has 0 heterocycles. The van der Waals surface area contributed by atoms with E-state index in [1.807, 2.05) is 52.0 Å². The van der Waals surface area contributed by atoms with E-state index in [4.69, 9.17) is 0 Å². The molecule has 0 spiro atoms. The maximum atomic E-state index is 12.7. The van der Waals surface area contributed by atoms with Crippen LogP contribution in [0.2, 0.25) is 0 Å². The number of amides is 1. The van der Waals surface area contributed by atoms with Crippen molar-refractivity contribution in [1.82, 2.24) is 0 Å². The maximum absolute atomic E-state index is 12.7. The molecule has 0 aromatic heterocycles. The standard InChI is InChI=1S/C21H28N2O3S/c1-6-17-9-8-10-18(7-2)21(17)22-20(24)14-23(27(5,25)26)19-12-11-15(3)16(4)13-19/h8-13H,6-7,14H2,1-5H3,(H,22,24). The number of rotatable bonds is 7. The number of nitrogens with zero attached hydrogens (tertiary/aromatic N) is 1. The molecular weight excluding hydrogens is 360 g/mol. The summed E-state index contributed by atoms with van der Waals surface area (Å²) in [6, 6.07) is 11.3. The highest BCUT2D eigenvalue weighted by Crippen LogP contribution is 2.24. The molecule has 1 amide bonds. The van der Waals surface area contributed by atoms with Gasteiger partial charge in [-0.3, -0.25) is 9.10 Å². The largest absolute Gasteiger partial charge is 0.324 e. The first-order valence-electron chi connectivity index (χ1n) is 9.13. The minimum atomic E-state index is -3.59. The van der Waals surface area contributed by atoms with Crippen molar-refractivity contribution in [2.75, 3.05) is 22.4 Å². The lowest BCUT2D eigenvalue weighted by atomic mass is 10.0. The van der Waals surface area contributed by atoms with E-state index in [1.165, 1.54) is 0 Å². The average molecular weight is 389 g/mol. The first kappa shape index (κ1) is 21.0. The first-order valence-corrected chi connectivity index (χ1v) is 11.0. The van der Waals surface area contributed by atoms with Crippen molar-refractivity contribution in [2.45, 2.75) is 40.5 Å². The summed E-state index contributed by atoms with van der Waals surface area (Å²) in [5, 5.41) is 2.93. The van der Waals surface area contributed by atoms with Crippen LogP contribution in [-0.4, -0.2) is 27.1 Å².